The Morgan fingerprint density at radius 2 is 0.964 bits per heavy atom. The van der Waals surface area contributed by atoms with Crippen molar-refractivity contribution in [2.75, 3.05) is 0 Å². The number of benzene rings is 8. The SMILES string of the molecule is CC1(C)c2ccccc2-c2ccc(-c3cccc(-c4cccc(-c5cccc6c7ccccc7n(-c7nc(-c8ccccc8)c8ccccc8n7)c56)c4)c3)cc21. The highest BCUT2D eigenvalue weighted by atomic mass is 15.2. The Morgan fingerprint density at radius 3 is 1.79 bits per heavy atom. The van der Waals surface area contributed by atoms with Gasteiger partial charge in [0.05, 0.1) is 22.2 Å². The van der Waals surface area contributed by atoms with E-state index in [1.807, 2.05) is 6.07 Å². The molecular formula is C53H37N3. The van der Waals surface area contributed by atoms with Gasteiger partial charge in [0, 0.05) is 32.7 Å². The van der Waals surface area contributed by atoms with Gasteiger partial charge in [0.25, 0.3) is 0 Å². The van der Waals surface area contributed by atoms with Gasteiger partial charge in [0.15, 0.2) is 0 Å². The second kappa shape index (κ2) is 12.5. The molecule has 0 N–H and O–H groups in total. The van der Waals surface area contributed by atoms with Crippen LogP contribution in [0.1, 0.15) is 25.0 Å². The molecule has 0 saturated heterocycles. The molecular weight excluding hydrogens is 679 g/mol. The third kappa shape index (κ3) is 4.98. The average molecular weight is 716 g/mol. The fourth-order valence-corrected chi connectivity index (χ4v) is 9.07. The lowest BCUT2D eigenvalue weighted by atomic mass is 9.81. The fourth-order valence-electron chi connectivity index (χ4n) is 9.07. The van der Waals surface area contributed by atoms with Crippen LogP contribution in [0.4, 0.5) is 0 Å². The highest BCUT2D eigenvalue weighted by Crippen LogP contribution is 2.49. The Hall–Kier alpha value is -7.10. The highest BCUT2D eigenvalue weighted by molar-refractivity contribution is 6.14. The molecule has 11 rings (SSSR count). The van der Waals surface area contributed by atoms with Crippen molar-refractivity contribution in [2.45, 2.75) is 19.3 Å². The van der Waals surface area contributed by atoms with Crippen LogP contribution in [0.5, 0.6) is 0 Å². The van der Waals surface area contributed by atoms with E-state index in [4.69, 9.17) is 9.97 Å². The zero-order valence-electron chi connectivity index (χ0n) is 31.2. The lowest BCUT2D eigenvalue weighted by molar-refractivity contribution is 0.660. The standard InChI is InChI=1S/C53H37N3/c1-53(2)46-26-9-6-21-41(46)42-30-29-38(33-47(42)53)36-18-12-17-35(31-36)37-19-13-20-39(32-37)40-24-14-25-44-43-22-8-11-28-49(43)56(51(40)44)52-54-48-27-10-7-23-45(48)50(55-52)34-15-4-3-5-16-34/h3-33H,1-2H3. The van der Waals surface area contributed by atoms with Gasteiger partial charge in [-0.3, -0.25) is 4.57 Å². The first kappa shape index (κ1) is 32.3. The monoisotopic (exact) mass is 715 g/mol. The minimum Gasteiger partial charge on any atom is -0.277 e. The van der Waals surface area contributed by atoms with E-state index in [1.165, 1.54) is 55.3 Å². The third-order valence-electron chi connectivity index (χ3n) is 11.8. The normalized spacial score (nSPS) is 13.0. The van der Waals surface area contributed by atoms with Crippen molar-refractivity contribution in [3.63, 3.8) is 0 Å². The maximum atomic E-state index is 5.35. The molecule has 0 spiro atoms. The molecule has 0 saturated carbocycles. The summed E-state index contributed by atoms with van der Waals surface area (Å²) in [5.41, 5.74) is 17.6. The van der Waals surface area contributed by atoms with Crippen LogP contribution in [0.25, 0.3) is 94.4 Å². The number of aromatic nitrogens is 3. The number of rotatable bonds is 5. The van der Waals surface area contributed by atoms with Gasteiger partial charge in [-0.25, -0.2) is 9.97 Å². The molecule has 3 heteroatoms. The molecule has 3 nitrogen and oxygen atoms in total. The first-order chi connectivity index (χ1) is 27.5. The predicted molar refractivity (Wildman–Crippen MR) is 233 cm³/mol. The van der Waals surface area contributed by atoms with Crippen LogP contribution in [0.3, 0.4) is 0 Å². The van der Waals surface area contributed by atoms with Crippen LogP contribution in [0.2, 0.25) is 0 Å². The summed E-state index contributed by atoms with van der Waals surface area (Å²) in [7, 11) is 0. The summed E-state index contributed by atoms with van der Waals surface area (Å²) in [5.74, 6) is 0.658. The Balaban J connectivity index is 1.06. The van der Waals surface area contributed by atoms with E-state index >= 15 is 0 Å². The van der Waals surface area contributed by atoms with Crippen LogP contribution >= 0.6 is 0 Å². The van der Waals surface area contributed by atoms with Gasteiger partial charge in [0.2, 0.25) is 5.95 Å². The Bertz CT molecular complexity index is 3170. The van der Waals surface area contributed by atoms with E-state index in [1.54, 1.807) is 0 Å². The van der Waals surface area contributed by atoms with E-state index in [9.17, 15) is 0 Å². The molecule has 1 aliphatic carbocycles. The maximum Gasteiger partial charge on any atom is 0.235 e. The van der Waals surface area contributed by atoms with Gasteiger partial charge in [-0.15, -0.1) is 0 Å². The van der Waals surface area contributed by atoms with Crippen molar-refractivity contribution in [3.05, 3.63) is 199 Å². The van der Waals surface area contributed by atoms with E-state index < -0.39 is 0 Å². The van der Waals surface area contributed by atoms with Crippen molar-refractivity contribution in [2.24, 2.45) is 0 Å². The zero-order valence-corrected chi connectivity index (χ0v) is 31.2. The van der Waals surface area contributed by atoms with Gasteiger partial charge < -0.3 is 0 Å². The summed E-state index contributed by atoms with van der Waals surface area (Å²) in [6, 6.07) is 67.7. The van der Waals surface area contributed by atoms with E-state index in [2.05, 4.69) is 200 Å². The minimum absolute atomic E-state index is 0.0433. The molecule has 0 aliphatic heterocycles. The van der Waals surface area contributed by atoms with Crippen molar-refractivity contribution in [3.8, 4) is 61.7 Å². The molecule has 1 aliphatic rings. The van der Waals surface area contributed by atoms with Crippen LogP contribution in [-0.2, 0) is 5.41 Å². The number of hydrogen-bond acceptors (Lipinski definition) is 2. The molecule has 0 unspecified atom stereocenters. The maximum absolute atomic E-state index is 5.35. The predicted octanol–water partition coefficient (Wildman–Crippen LogP) is 13.7. The van der Waals surface area contributed by atoms with Crippen LogP contribution in [0.15, 0.2) is 188 Å². The smallest absolute Gasteiger partial charge is 0.235 e. The Kier molecular flexibility index (Phi) is 7.20. The largest absolute Gasteiger partial charge is 0.277 e. The lowest BCUT2D eigenvalue weighted by Gasteiger charge is -2.22. The van der Waals surface area contributed by atoms with Crippen LogP contribution in [-0.4, -0.2) is 14.5 Å². The van der Waals surface area contributed by atoms with Gasteiger partial charge in [-0.2, -0.15) is 0 Å². The van der Waals surface area contributed by atoms with E-state index in [0.717, 1.165) is 44.3 Å². The van der Waals surface area contributed by atoms with Crippen molar-refractivity contribution in [1.82, 2.24) is 14.5 Å². The average Bonchev–Trinajstić information content (AvgIpc) is 3.72. The minimum atomic E-state index is -0.0433. The number of hydrogen-bond donors (Lipinski definition) is 0. The van der Waals surface area contributed by atoms with Crippen molar-refractivity contribution < 1.29 is 0 Å². The second-order valence-corrected chi connectivity index (χ2v) is 15.4. The molecule has 0 radical (unpaired) electrons. The fraction of sp³-hybridized carbons (Fsp3) is 0.0566. The topological polar surface area (TPSA) is 30.7 Å². The van der Waals surface area contributed by atoms with E-state index in [-0.39, 0.29) is 5.41 Å². The van der Waals surface area contributed by atoms with Gasteiger partial charge in [-0.05, 0) is 80.4 Å². The summed E-state index contributed by atoms with van der Waals surface area (Å²) >= 11 is 0. The molecule has 0 amide bonds. The molecule has 56 heavy (non-hydrogen) atoms. The molecule has 0 fully saturated rings. The molecule has 0 atom stereocenters. The van der Waals surface area contributed by atoms with Gasteiger partial charge in [0.1, 0.15) is 0 Å². The molecule has 0 bridgehead atoms. The van der Waals surface area contributed by atoms with Crippen LogP contribution < -0.4 is 0 Å². The summed E-state index contributed by atoms with van der Waals surface area (Å²) in [6.07, 6.45) is 0. The molecule has 2 aromatic heterocycles. The molecule has 8 aromatic carbocycles. The number of nitrogens with zero attached hydrogens (tertiary/aromatic N) is 3. The van der Waals surface area contributed by atoms with Crippen molar-refractivity contribution >= 4 is 32.7 Å². The first-order valence-electron chi connectivity index (χ1n) is 19.3. The molecule has 10 aromatic rings. The summed E-state index contributed by atoms with van der Waals surface area (Å²) in [4.78, 5) is 10.6. The number of para-hydroxylation sites is 3. The molecule has 2 heterocycles. The van der Waals surface area contributed by atoms with Crippen molar-refractivity contribution in [1.29, 1.82) is 0 Å². The lowest BCUT2D eigenvalue weighted by Crippen LogP contribution is -2.14. The third-order valence-corrected chi connectivity index (χ3v) is 11.8. The Labute approximate surface area is 326 Å². The second-order valence-electron chi connectivity index (χ2n) is 15.4. The zero-order chi connectivity index (χ0) is 37.4. The van der Waals surface area contributed by atoms with Gasteiger partial charge >= 0.3 is 0 Å². The van der Waals surface area contributed by atoms with Crippen LogP contribution in [0, 0.1) is 0 Å². The Morgan fingerprint density at radius 1 is 0.393 bits per heavy atom. The summed E-state index contributed by atoms with van der Waals surface area (Å²) < 4.78 is 2.26. The summed E-state index contributed by atoms with van der Waals surface area (Å²) in [6.45, 7) is 4.69. The van der Waals surface area contributed by atoms with Gasteiger partial charge in [-0.1, -0.05) is 172 Å². The first-order valence-corrected chi connectivity index (χ1v) is 19.3. The number of fused-ring (bicyclic) bond motifs is 7. The highest BCUT2D eigenvalue weighted by Gasteiger charge is 2.35. The van der Waals surface area contributed by atoms with E-state index in [0.29, 0.717) is 5.95 Å². The summed E-state index contributed by atoms with van der Waals surface area (Å²) in [5, 5.41) is 3.38. The quantitative estimate of drug-likeness (QED) is 0.178. The molecule has 264 valence electrons.